The average molecular weight is 474 g/mol. The van der Waals surface area contributed by atoms with Crippen LogP contribution in [0.15, 0.2) is 29.3 Å². The third-order valence-electron chi connectivity index (χ3n) is 4.98. The highest BCUT2D eigenvalue weighted by molar-refractivity contribution is 14.0. The summed E-state index contributed by atoms with van der Waals surface area (Å²) in [6, 6.07) is 8.98. The van der Waals surface area contributed by atoms with Crippen molar-refractivity contribution in [1.82, 2.24) is 15.5 Å². The van der Waals surface area contributed by atoms with Crippen molar-refractivity contribution < 1.29 is 4.74 Å². The topological polar surface area (TPSA) is 48.9 Å². The number of guanidine groups is 1. The molecule has 5 nitrogen and oxygen atoms in total. The van der Waals surface area contributed by atoms with E-state index < -0.39 is 0 Å². The molecule has 1 fully saturated rings. The van der Waals surface area contributed by atoms with E-state index in [1.54, 1.807) is 7.11 Å². The number of nitrogens with one attached hydrogen (secondary N) is 2. The van der Waals surface area contributed by atoms with Crippen molar-refractivity contribution in [2.75, 3.05) is 40.3 Å². The minimum Gasteiger partial charge on any atom is -0.497 e. The Morgan fingerprint density at radius 1 is 1.27 bits per heavy atom. The normalized spacial score (nSPS) is 18.1. The fraction of sp³-hybridized carbons (Fsp3) is 0.650. The second-order valence-electron chi connectivity index (χ2n) is 6.62. The standard InChI is InChI=1S/C20H34N4O.HI/c1-4-18-9-5-6-14-24(18)15-13-23-20(21-2)22-12-11-17-8-7-10-19(16-17)25-3;/h7-8,10,16,18H,4-6,9,11-15H2,1-3H3,(H2,21,22,23);1H. The predicted molar refractivity (Wildman–Crippen MR) is 121 cm³/mol. The van der Waals surface area contributed by atoms with Crippen molar-refractivity contribution in [2.24, 2.45) is 4.99 Å². The lowest BCUT2D eigenvalue weighted by Gasteiger charge is -2.35. The van der Waals surface area contributed by atoms with Crippen LogP contribution in [0.1, 0.15) is 38.2 Å². The Labute approximate surface area is 176 Å². The van der Waals surface area contributed by atoms with Gasteiger partial charge in [0.15, 0.2) is 5.96 Å². The van der Waals surface area contributed by atoms with Crippen LogP contribution in [0, 0.1) is 0 Å². The summed E-state index contributed by atoms with van der Waals surface area (Å²) in [7, 11) is 3.53. The number of hydrogen-bond acceptors (Lipinski definition) is 3. The van der Waals surface area contributed by atoms with Gasteiger partial charge in [0.05, 0.1) is 7.11 Å². The molecule has 1 aliphatic rings. The van der Waals surface area contributed by atoms with Gasteiger partial charge in [-0.3, -0.25) is 9.89 Å². The molecule has 1 atom stereocenters. The number of halogens is 1. The number of piperidine rings is 1. The van der Waals surface area contributed by atoms with Gasteiger partial charge in [-0.15, -0.1) is 24.0 Å². The Morgan fingerprint density at radius 3 is 2.81 bits per heavy atom. The monoisotopic (exact) mass is 474 g/mol. The highest BCUT2D eigenvalue weighted by Gasteiger charge is 2.19. The summed E-state index contributed by atoms with van der Waals surface area (Å²) in [6.07, 6.45) is 6.28. The maximum atomic E-state index is 5.27. The van der Waals surface area contributed by atoms with E-state index in [9.17, 15) is 0 Å². The molecule has 0 bridgehead atoms. The van der Waals surface area contributed by atoms with E-state index >= 15 is 0 Å². The maximum Gasteiger partial charge on any atom is 0.191 e. The van der Waals surface area contributed by atoms with Crippen LogP contribution in [0.4, 0.5) is 0 Å². The van der Waals surface area contributed by atoms with Crippen LogP contribution in [-0.4, -0.2) is 57.2 Å². The fourth-order valence-electron chi connectivity index (χ4n) is 3.51. The molecule has 0 aromatic heterocycles. The fourth-order valence-corrected chi connectivity index (χ4v) is 3.51. The van der Waals surface area contributed by atoms with E-state index in [1.165, 1.54) is 37.8 Å². The largest absolute Gasteiger partial charge is 0.497 e. The molecule has 1 saturated heterocycles. The molecular formula is C20H35IN4O. The number of hydrogen-bond donors (Lipinski definition) is 2. The number of nitrogens with zero attached hydrogens (tertiary/aromatic N) is 2. The SMILES string of the molecule is CCC1CCCCN1CCNC(=NC)NCCc1cccc(OC)c1.I. The number of benzene rings is 1. The van der Waals surface area contributed by atoms with Gasteiger partial charge in [0.25, 0.3) is 0 Å². The van der Waals surface area contributed by atoms with Crippen molar-refractivity contribution in [1.29, 1.82) is 0 Å². The van der Waals surface area contributed by atoms with E-state index in [-0.39, 0.29) is 24.0 Å². The van der Waals surface area contributed by atoms with Crippen LogP contribution in [0.25, 0.3) is 0 Å². The van der Waals surface area contributed by atoms with Crippen LogP contribution in [-0.2, 0) is 6.42 Å². The number of aliphatic imine (C=N–C) groups is 1. The Kier molecular flexibility index (Phi) is 11.7. The van der Waals surface area contributed by atoms with E-state index in [1.807, 2.05) is 19.2 Å². The first-order valence-corrected chi connectivity index (χ1v) is 9.58. The summed E-state index contributed by atoms with van der Waals surface area (Å²) in [5.41, 5.74) is 1.27. The first-order valence-electron chi connectivity index (χ1n) is 9.58. The van der Waals surface area contributed by atoms with E-state index in [4.69, 9.17) is 4.74 Å². The van der Waals surface area contributed by atoms with Crippen molar-refractivity contribution >= 4 is 29.9 Å². The number of methoxy groups -OCH3 is 1. The second kappa shape index (κ2) is 13.2. The molecular weight excluding hydrogens is 439 g/mol. The quantitative estimate of drug-likeness (QED) is 0.345. The van der Waals surface area contributed by atoms with Crippen LogP contribution >= 0.6 is 24.0 Å². The van der Waals surface area contributed by atoms with Gasteiger partial charge < -0.3 is 15.4 Å². The summed E-state index contributed by atoms with van der Waals surface area (Å²) in [6.45, 7) is 6.43. The summed E-state index contributed by atoms with van der Waals surface area (Å²) in [5, 5.41) is 6.84. The highest BCUT2D eigenvalue weighted by Crippen LogP contribution is 2.18. The molecule has 0 saturated carbocycles. The molecule has 148 valence electrons. The molecule has 26 heavy (non-hydrogen) atoms. The number of likely N-dealkylation sites (tertiary alicyclic amines) is 1. The molecule has 1 aromatic carbocycles. The lowest BCUT2D eigenvalue weighted by atomic mass is 10.0. The average Bonchev–Trinajstić information content (AvgIpc) is 2.67. The highest BCUT2D eigenvalue weighted by atomic mass is 127. The Hall–Kier alpha value is -1.02. The minimum absolute atomic E-state index is 0. The molecule has 0 aliphatic carbocycles. The zero-order valence-corrected chi connectivity index (χ0v) is 18.8. The van der Waals surface area contributed by atoms with Gasteiger partial charge in [-0.25, -0.2) is 0 Å². The zero-order valence-electron chi connectivity index (χ0n) is 16.5. The van der Waals surface area contributed by atoms with Crippen molar-refractivity contribution in [2.45, 2.75) is 45.1 Å². The number of ether oxygens (including phenoxy) is 1. The Morgan fingerprint density at radius 2 is 2.08 bits per heavy atom. The Bertz CT molecular complexity index is 538. The molecule has 1 aliphatic heterocycles. The smallest absolute Gasteiger partial charge is 0.191 e. The van der Waals surface area contributed by atoms with E-state index in [0.29, 0.717) is 0 Å². The minimum atomic E-state index is 0. The van der Waals surface area contributed by atoms with Gasteiger partial charge in [0.2, 0.25) is 0 Å². The molecule has 0 spiro atoms. The molecule has 2 N–H and O–H groups in total. The summed E-state index contributed by atoms with van der Waals surface area (Å²) in [4.78, 5) is 6.95. The van der Waals surface area contributed by atoms with Gasteiger partial charge in [-0.05, 0) is 49.9 Å². The van der Waals surface area contributed by atoms with Gasteiger partial charge in [-0.1, -0.05) is 25.5 Å². The molecule has 2 rings (SSSR count). The van der Waals surface area contributed by atoms with Gasteiger partial charge in [0.1, 0.15) is 5.75 Å². The van der Waals surface area contributed by atoms with Crippen LogP contribution < -0.4 is 15.4 Å². The third-order valence-corrected chi connectivity index (χ3v) is 4.98. The van der Waals surface area contributed by atoms with Crippen LogP contribution in [0.2, 0.25) is 0 Å². The van der Waals surface area contributed by atoms with Crippen LogP contribution in [0.5, 0.6) is 5.75 Å². The number of rotatable bonds is 8. The summed E-state index contributed by atoms with van der Waals surface area (Å²) >= 11 is 0. The molecule has 6 heteroatoms. The first-order chi connectivity index (χ1) is 12.3. The second-order valence-corrected chi connectivity index (χ2v) is 6.62. The van der Waals surface area contributed by atoms with Gasteiger partial charge in [-0.2, -0.15) is 0 Å². The zero-order chi connectivity index (χ0) is 17.9. The molecule has 0 amide bonds. The molecule has 1 heterocycles. The van der Waals surface area contributed by atoms with Crippen molar-refractivity contribution in [3.8, 4) is 5.75 Å². The van der Waals surface area contributed by atoms with Gasteiger partial charge >= 0.3 is 0 Å². The van der Waals surface area contributed by atoms with Crippen LogP contribution in [0.3, 0.4) is 0 Å². The molecule has 1 unspecified atom stereocenters. The van der Waals surface area contributed by atoms with Crippen molar-refractivity contribution in [3.63, 3.8) is 0 Å². The van der Waals surface area contributed by atoms with E-state index in [2.05, 4.69) is 39.6 Å². The maximum absolute atomic E-state index is 5.27. The first kappa shape index (κ1) is 23.0. The molecule has 0 radical (unpaired) electrons. The van der Waals surface area contributed by atoms with Crippen molar-refractivity contribution in [3.05, 3.63) is 29.8 Å². The lowest BCUT2D eigenvalue weighted by Crippen LogP contribution is -2.46. The summed E-state index contributed by atoms with van der Waals surface area (Å²) < 4.78 is 5.27. The summed E-state index contributed by atoms with van der Waals surface area (Å²) in [5.74, 6) is 1.79. The lowest BCUT2D eigenvalue weighted by molar-refractivity contribution is 0.147. The predicted octanol–water partition coefficient (Wildman–Crippen LogP) is 3.29. The van der Waals surface area contributed by atoms with E-state index in [0.717, 1.165) is 43.8 Å². The molecule has 1 aromatic rings. The third kappa shape index (κ3) is 7.70. The Balaban J connectivity index is 0.00000338. The van der Waals surface area contributed by atoms with Gasteiger partial charge in [0, 0.05) is 32.7 Å².